The van der Waals surface area contributed by atoms with Gasteiger partial charge in [0, 0.05) is 17.3 Å². The number of benzene rings is 2. The SMILES string of the molecule is O=C(Nc1ccc(OC(F)(F)F)cc1)/C(=C/c1ccco1)NC(=O)c1ccccc1. The standard InChI is InChI=1S/C21H15F3N2O4/c22-21(23,24)30-16-10-8-15(9-11-16)25-20(28)18(13-17-7-4-12-29-17)26-19(27)14-5-2-1-3-6-14/h1-13H,(H,25,28)(H,26,27)/b18-13-. The second-order valence-electron chi connectivity index (χ2n) is 5.92. The molecule has 2 amide bonds. The third-order valence-corrected chi connectivity index (χ3v) is 3.70. The van der Waals surface area contributed by atoms with Crippen molar-refractivity contribution >= 4 is 23.6 Å². The zero-order chi connectivity index (χ0) is 21.6. The summed E-state index contributed by atoms with van der Waals surface area (Å²) in [5, 5.41) is 5.01. The van der Waals surface area contributed by atoms with Crippen molar-refractivity contribution < 1.29 is 31.9 Å². The lowest BCUT2D eigenvalue weighted by atomic mass is 10.2. The van der Waals surface area contributed by atoms with Gasteiger partial charge in [-0.25, -0.2) is 0 Å². The van der Waals surface area contributed by atoms with E-state index in [1.165, 1.54) is 24.5 Å². The van der Waals surface area contributed by atoms with Crippen LogP contribution in [0.3, 0.4) is 0 Å². The molecule has 0 fully saturated rings. The quantitative estimate of drug-likeness (QED) is 0.576. The topological polar surface area (TPSA) is 80.6 Å². The molecule has 3 aromatic rings. The van der Waals surface area contributed by atoms with Crippen LogP contribution in [0.15, 0.2) is 83.1 Å². The summed E-state index contributed by atoms with van der Waals surface area (Å²) in [5.74, 6) is -1.32. The minimum Gasteiger partial charge on any atom is -0.465 e. The lowest BCUT2D eigenvalue weighted by molar-refractivity contribution is -0.274. The third kappa shape index (κ3) is 5.99. The molecule has 2 N–H and O–H groups in total. The van der Waals surface area contributed by atoms with Crippen molar-refractivity contribution in [2.45, 2.75) is 6.36 Å². The number of hydrogen-bond acceptors (Lipinski definition) is 4. The van der Waals surface area contributed by atoms with Gasteiger partial charge in [0.1, 0.15) is 17.2 Å². The van der Waals surface area contributed by atoms with E-state index in [1.54, 1.807) is 42.5 Å². The summed E-state index contributed by atoms with van der Waals surface area (Å²) >= 11 is 0. The van der Waals surface area contributed by atoms with Gasteiger partial charge in [0.05, 0.1) is 6.26 Å². The minimum absolute atomic E-state index is 0.116. The van der Waals surface area contributed by atoms with Crippen molar-refractivity contribution in [3.63, 3.8) is 0 Å². The Kier molecular flexibility index (Phi) is 6.21. The van der Waals surface area contributed by atoms with E-state index in [9.17, 15) is 22.8 Å². The molecule has 0 saturated heterocycles. The van der Waals surface area contributed by atoms with E-state index >= 15 is 0 Å². The number of furan rings is 1. The van der Waals surface area contributed by atoms with Gasteiger partial charge >= 0.3 is 6.36 Å². The summed E-state index contributed by atoms with van der Waals surface area (Å²) in [6, 6.07) is 16.0. The van der Waals surface area contributed by atoms with Crippen molar-refractivity contribution in [3.05, 3.63) is 90.0 Å². The molecule has 3 rings (SSSR count). The van der Waals surface area contributed by atoms with Crippen molar-refractivity contribution in [3.8, 4) is 5.75 Å². The van der Waals surface area contributed by atoms with Crippen LogP contribution in [0.4, 0.5) is 18.9 Å². The summed E-state index contributed by atoms with van der Waals surface area (Å²) in [6.45, 7) is 0. The molecule has 1 heterocycles. The van der Waals surface area contributed by atoms with Crippen molar-refractivity contribution in [1.82, 2.24) is 5.32 Å². The molecule has 2 aromatic carbocycles. The highest BCUT2D eigenvalue weighted by molar-refractivity contribution is 6.10. The Bertz CT molecular complexity index is 1030. The summed E-state index contributed by atoms with van der Waals surface area (Å²) in [5.41, 5.74) is 0.424. The van der Waals surface area contributed by atoms with Crippen LogP contribution in [-0.2, 0) is 4.79 Å². The molecular formula is C21H15F3N2O4. The number of rotatable bonds is 6. The molecule has 9 heteroatoms. The molecule has 0 aliphatic carbocycles. The monoisotopic (exact) mass is 416 g/mol. The molecule has 0 unspecified atom stereocenters. The summed E-state index contributed by atoms with van der Waals surface area (Å²) in [6.07, 6.45) is -2.08. The number of halogens is 3. The van der Waals surface area contributed by atoms with Gasteiger partial charge in [-0.2, -0.15) is 0 Å². The number of carbonyl (C=O) groups is 2. The maximum Gasteiger partial charge on any atom is 0.573 e. The van der Waals surface area contributed by atoms with Gasteiger partial charge in [-0.05, 0) is 48.5 Å². The molecule has 0 bridgehead atoms. The summed E-state index contributed by atoms with van der Waals surface area (Å²) in [4.78, 5) is 25.1. The van der Waals surface area contributed by atoms with Gasteiger partial charge in [0.2, 0.25) is 0 Å². The Morgan fingerprint density at radius 3 is 2.23 bits per heavy atom. The molecule has 30 heavy (non-hydrogen) atoms. The molecule has 0 atom stereocenters. The van der Waals surface area contributed by atoms with Crippen molar-refractivity contribution in [1.29, 1.82) is 0 Å². The fourth-order valence-electron chi connectivity index (χ4n) is 2.40. The minimum atomic E-state index is -4.81. The van der Waals surface area contributed by atoms with E-state index < -0.39 is 23.9 Å². The second-order valence-corrected chi connectivity index (χ2v) is 5.92. The highest BCUT2D eigenvalue weighted by atomic mass is 19.4. The van der Waals surface area contributed by atoms with Crippen LogP contribution < -0.4 is 15.4 Å². The van der Waals surface area contributed by atoms with Crippen LogP contribution in [0, 0.1) is 0 Å². The normalized spacial score (nSPS) is 11.6. The number of ether oxygens (including phenoxy) is 1. The van der Waals surface area contributed by atoms with Gasteiger partial charge in [-0.15, -0.1) is 13.2 Å². The van der Waals surface area contributed by atoms with Crippen LogP contribution >= 0.6 is 0 Å². The van der Waals surface area contributed by atoms with Crippen LogP contribution in [0.25, 0.3) is 6.08 Å². The number of nitrogens with one attached hydrogen (secondary N) is 2. The number of anilines is 1. The Balaban J connectivity index is 1.76. The second kappa shape index (κ2) is 8.99. The van der Waals surface area contributed by atoms with Gasteiger partial charge in [0.15, 0.2) is 0 Å². The molecule has 6 nitrogen and oxygen atoms in total. The Morgan fingerprint density at radius 2 is 1.63 bits per heavy atom. The van der Waals surface area contributed by atoms with Crippen LogP contribution in [0.2, 0.25) is 0 Å². The van der Waals surface area contributed by atoms with Crippen LogP contribution in [-0.4, -0.2) is 18.2 Å². The fraction of sp³-hybridized carbons (Fsp3) is 0.0476. The van der Waals surface area contributed by atoms with E-state index in [1.807, 2.05) is 0 Å². The molecule has 1 aromatic heterocycles. The zero-order valence-electron chi connectivity index (χ0n) is 15.3. The Morgan fingerprint density at radius 1 is 0.933 bits per heavy atom. The fourth-order valence-corrected chi connectivity index (χ4v) is 2.40. The van der Waals surface area contributed by atoms with Gasteiger partial charge in [-0.3, -0.25) is 9.59 Å². The highest BCUT2D eigenvalue weighted by Crippen LogP contribution is 2.24. The maximum absolute atomic E-state index is 12.7. The molecule has 0 aliphatic heterocycles. The lowest BCUT2D eigenvalue weighted by Crippen LogP contribution is -2.30. The third-order valence-electron chi connectivity index (χ3n) is 3.70. The van der Waals surface area contributed by atoms with Crippen LogP contribution in [0.5, 0.6) is 5.75 Å². The first-order chi connectivity index (χ1) is 14.3. The largest absolute Gasteiger partial charge is 0.573 e. The molecule has 0 radical (unpaired) electrons. The average molecular weight is 416 g/mol. The van der Waals surface area contributed by atoms with E-state index in [-0.39, 0.29) is 11.4 Å². The van der Waals surface area contributed by atoms with Crippen molar-refractivity contribution in [2.24, 2.45) is 0 Å². The number of amides is 2. The van der Waals surface area contributed by atoms with E-state index in [0.29, 0.717) is 11.3 Å². The first kappa shape index (κ1) is 20.7. The van der Waals surface area contributed by atoms with E-state index in [4.69, 9.17) is 4.42 Å². The first-order valence-electron chi connectivity index (χ1n) is 8.59. The van der Waals surface area contributed by atoms with Gasteiger partial charge in [0.25, 0.3) is 11.8 Å². The molecule has 154 valence electrons. The van der Waals surface area contributed by atoms with E-state index in [0.717, 1.165) is 12.1 Å². The average Bonchev–Trinajstić information content (AvgIpc) is 3.21. The smallest absolute Gasteiger partial charge is 0.465 e. The van der Waals surface area contributed by atoms with Crippen molar-refractivity contribution in [2.75, 3.05) is 5.32 Å². The lowest BCUT2D eigenvalue weighted by Gasteiger charge is -2.12. The highest BCUT2D eigenvalue weighted by Gasteiger charge is 2.31. The molecule has 0 saturated carbocycles. The molecule has 0 aliphatic rings. The Hall–Kier alpha value is -4.01. The summed E-state index contributed by atoms with van der Waals surface area (Å²) in [7, 11) is 0. The number of carbonyl (C=O) groups excluding carboxylic acids is 2. The number of hydrogen-bond donors (Lipinski definition) is 2. The Labute approximate surface area is 169 Å². The first-order valence-corrected chi connectivity index (χ1v) is 8.59. The predicted molar refractivity (Wildman–Crippen MR) is 102 cm³/mol. The summed E-state index contributed by atoms with van der Waals surface area (Å²) < 4.78 is 45.7. The maximum atomic E-state index is 12.7. The molecular weight excluding hydrogens is 401 g/mol. The number of alkyl halides is 3. The van der Waals surface area contributed by atoms with E-state index in [2.05, 4.69) is 15.4 Å². The van der Waals surface area contributed by atoms with Crippen LogP contribution in [0.1, 0.15) is 16.1 Å². The molecule has 0 spiro atoms. The van der Waals surface area contributed by atoms with Gasteiger partial charge in [-0.1, -0.05) is 18.2 Å². The van der Waals surface area contributed by atoms with Gasteiger partial charge < -0.3 is 19.8 Å². The zero-order valence-corrected chi connectivity index (χ0v) is 15.3. The predicted octanol–water partition coefficient (Wildman–Crippen LogP) is 4.59.